The fraction of sp³-hybridized carbons (Fsp3) is 0.533. The molecule has 1 saturated heterocycles. The van der Waals surface area contributed by atoms with E-state index in [2.05, 4.69) is 28.1 Å². The van der Waals surface area contributed by atoms with Crippen molar-refractivity contribution in [3.05, 3.63) is 29.3 Å². The van der Waals surface area contributed by atoms with Gasteiger partial charge in [-0.3, -0.25) is 4.79 Å². The highest BCUT2D eigenvalue weighted by Crippen LogP contribution is 2.23. The average molecular weight is 259 g/mol. The first-order valence-corrected chi connectivity index (χ1v) is 7.17. The Kier molecular flexibility index (Phi) is 3.80. The predicted octanol–water partition coefficient (Wildman–Crippen LogP) is 1.07. The molecule has 0 bridgehead atoms. The van der Waals surface area contributed by atoms with Crippen LogP contribution in [-0.2, 0) is 17.6 Å². The molecule has 0 aliphatic carbocycles. The topological polar surface area (TPSA) is 53.2 Å². The molecule has 0 radical (unpaired) electrons. The molecule has 4 heteroatoms. The van der Waals surface area contributed by atoms with E-state index in [1.165, 1.54) is 18.4 Å². The highest BCUT2D eigenvalue weighted by molar-refractivity contribution is 5.99. The fourth-order valence-electron chi connectivity index (χ4n) is 2.88. The molecule has 2 aliphatic rings. The van der Waals surface area contributed by atoms with E-state index in [0.29, 0.717) is 12.5 Å². The monoisotopic (exact) mass is 259 g/mol. The molecule has 19 heavy (non-hydrogen) atoms. The lowest BCUT2D eigenvalue weighted by atomic mass is 10.1. The summed E-state index contributed by atoms with van der Waals surface area (Å²) in [5.41, 5.74) is 3.43. The van der Waals surface area contributed by atoms with Crippen LogP contribution in [0.1, 0.15) is 24.0 Å². The largest absolute Gasteiger partial charge is 0.326 e. The third-order valence-corrected chi connectivity index (χ3v) is 3.94. The van der Waals surface area contributed by atoms with E-state index in [1.807, 2.05) is 6.07 Å². The fourth-order valence-corrected chi connectivity index (χ4v) is 2.88. The van der Waals surface area contributed by atoms with E-state index in [9.17, 15) is 4.79 Å². The maximum absolute atomic E-state index is 11.3. The second-order valence-corrected chi connectivity index (χ2v) is 5.46. The van der Waals surface area contributed by atoms with Gasteiger partial charge >= 0.3 is 0 Å². The van der Waals surface area contributed by atoms with Crippen LogP contribution in [0.3, 0.4) is 0 Å². The minimum absolute atomic E-state index is 0.109. The minimum atomic E-state index is 0.109. The summed E-state index contributed by atoms with van der Waals surface area (Å²) in [5.74, 6) is 0.109. The normalized spacial score (nSPS) is 21.5. The Hall–Kier alpha value is -1.39. The van der Waals surface area contributed by atoms with Crippen LogP contribution < -0.4 is 16.0 Å². The number of rotatable bonds is 5. The maximum Gasteiger partial charge on any atom is 0.228 e. The summed E-state index contributed by atoms with van der Waals surface area (Å²) in [5, 5.41) is 9.86. The molecule has 2 heterocycles. The van der Waals surface area contributed by atoms with Gasteiger partial charge in [-0.25, -0.2) is 0 Å². The molecule has 1 atom stereocenters. The van der Waals surface area contributed by atoms with Crippen molar-refractivity contribution in [2.45, 2.75) is 31.7 Å². The van der Waals surface area contributed by atoms with Crippen LogP contribution in [0, 0.1) is 0 Å². The van der Waals surface area contributed by atoms with E-state index >= 15 is 0 Å². The van der Waals surface area contributed by atoms with E-state index < -0.39 is 0 Å². The Labute approximate surface area is 114 Å². The SMILES string of the molecule is O=C1Cc2cc(CCNCC3CCCN3)ccc2N1. The summed E-state index contributed by atoms with van der Waals surface area (Å²) in [6.07, 6.45) is 4.15. The standard InChI is InChI=1S/C15H21N3O/c19-15-9-12-8-11(3-4-14(12)18-15)5-7-16-10-13-2-1-6-17-13/h3-4,8,13,16-17H,1-2,5-7,9-10H2,(H,18,19). The summed E-state index contributed by atoms with van der Waals surface area (Å²) in [6.45, 7) is 3.22. The van der Waals surface area contributed by atoms with Crippen molar-refractivity contribution in [2.24, 2.45) is 0 Å². The van der Waals surface area contributed by atoms with Crippen molar-refractivity contribution in [2.75, 3.05) is 25.0 Å². The molecule has 1 amide bonds. The van der Waals surface area contributed by atoms with Gasteiger partial charge in [0.2, 0.25) is 5.91 Å². The molecule has 3 N–H and O–H groups in total. The molecule has 0 saturated carbocycles. The second kappa shape index (κ2) is 5.72. The number of fused-ring (bicyclic) bond motifs is 1. The Morgan fingerprint density at radius 1 is 1.37 bits per heavy atom. The van der Waals surface area contributed by atoms with Crippen LogP contribution in [0.25, 0.3) is 0 Å². The quantitative estimate of drug-likeness (QED) is 0.693. The van der Waals surface area contributed by atoms with Crippen LogP contribution >= 0.6 is 0 Å². The maximum atomic E-state index is 11.3. The highest BCUT2D eigenvalue weighted by atomic mass is 16.1. The molecule has 102 valence electrons. The van der Waals surface area contributed by atoms with Crippen molar-refractivity contribution >= 4 is 11.6 Å². The lowest BCUT2D eigenvalue weighted by molar-refractivity contribution is -0.115. The number of hydrogen-bond acceptors (Lipinski definition) is 3. The first kappa shape index (κ1) is 12.6. The number of benzene rings is 1. The van der Waals surface area contributed by atoms with Gasteiger partial charge in [-0.1, -0.05) is 12.1 Å². The zero-order chi connectivity index (χ0) is 13.1. The molecule has 0 spiro atoms. The second-order valence-electron chi connectivity index (χ2n) is 5.46. The van der Waals surface area contributed by atoms with E-state index in [0.717, 1.165) is 37.3 Å². The molecule has 1 unspecified atom stereocenters. The van der Waals surface area contributed by atoms with E-state index in [4.69, 9.17) is 0 Å². The van der Waals surface area contributed by atoms with Crippen molar-refractivity contribution in [1.29, 1.82) is 0 Å². The average Bonchev–Trinajstić information content (AvgIpc) is 3.02. The molecule has 0 aromatic heterocycles. The van der Waals surface area contributed by atoms with E-state index in [1.54, 1.807) is 0 Å². The summed E-state index contributed by atoms with van der Waals surface area (Å²) in [4.78, 5) is 11.3. The number of carbonyl (C=O) groups excluding carboxylic acids is 1. The number of carbonyl (C=O) groups is 1. The molecule has 1 fully saturated rings. The minimum Gasteiger partial charge on any atom is -0.326 e. The Morgan fingerprint density at radius 2 is 2.32 bits per heavy atom. The summed E-state index contributed by atoms with van der Waals surface area (Å²) >= 11 is 0. The van der Waals surface area contributed by atoms with Crippen molar-refractivity contribution in [3.63, 3.8) is 0 Å². The van der Waals surface area contributed by atoms with Gasteiger partial charge in [-0.2, -0.15) is 0 Å². The third kappa shape index (κ3) is 3.14. The molecule has 1 aromatic rings. The van der Waals surface area contributed by atoms with Gasteiger partial charge in [-0.15, -0.1) is 0 Å². The summed E-state index contributed by atoms with van der Waals surface area (Å²) < 4.78 is 0. The van der Waals surface area contributed by atoms with E-state index in [-0.39, 0.29) is 5.91 Å². The Bertz CT molecular complexity index is 466. The smallest absolute Gasteiger partial charge is 0.228 e. The zero-order valence-electron chi connectivity index (χ0n) is 11.2. The Balaban J connectivity index is 1.45. The Morgan fingerprint density at radius 3 is 3.16 bits per heavy atom. The molecule has 3 rings (SSSR count). The highest BCUT2D eigenvalue weighted by Gasteiger charge is 2.17. The first-order chi connectivity index (χ1) is 9.31. The van der Waals surface area contributed by atoms with Gasteiger partial charge in [-0.05, 0) is 49.5 Å². The van der Waals surface area contributed by atoms with Crippen molar-refractivity contribution in [1.82, 2.24) is 10.6 Å². The molecule has 2 aliphatic heterocycles. The summed E-state index contributed by atoms with van der Waals surface area (Å²) in [7, 11) is 0. The van der Waals surface area contributed by atoms with Gasteiger partial charge in [0, 0.05) is 18.3 Å². The van der Waals surface area contributed by atoms with Crippen molar-refractivity contribution in [3.8, 4) is 0 Å². The van der Waals surface area contributed by atoms with Crippen LogP contribution in [0.5, 0.6) is 0 Å². The number of nitrogens with one attached hydrogen (secondary N) is 3. The van der Waals surface area contributed by atoms with Gasteiger partial charge in [0.1, 0.15) is 0 Å². The number of anilines is 1. The van der Waals surface area contributed by atoms with Gasteiger partial charge in [0.15, 0.2) is 0 Å². The van der Waals surface area contributed by atoms with Crippen LogP contribution in [-0.4, -0.2) is 31.6 Å². The lowest BCUT2D eigenvalue weighted by Crippen LogP contribution is -2.34. The molecule has 4 nitrogen and oxygen atoms in total. The first-order valence-electron chi connectivity index (χ1n) is 7.17. The summed E-state index contributed by atoms with van der Waals surface area (Å²) in [6, 6.07) is 6.94. The van der Waals surface area contributed by atoms with Crippen molar-refractivity contribution < 1.29 is 4.79 Å². The van der Waals surface area contributed by atoms with Gasteiger partial charge < -0.3 is 16.0 Å². The predicted molar refractivity (Wildman–Crippen MR) is 76.4 cm³/mol. The van der Waals surface area contributed by atoms with Gasteiger partial charge in [0.25, 0.3) is 0 Å². The molecular formula is C15H21N3O. The lowest BCUT2D eigenvalue weighted by Gasteiger charge is -2.11. The molecule has 1 aromatic carbocycles. The molecular weight excluding hydrogens is 238 g/mol. The van der Waals surface area contributed by atoms with Gasteiger partial charge in [0.05, 0.1) is 6.42 Å². The van der Waals surface area contributed by atoms with Crippen LogP contribution in [0.4, 0.5) is 5.69 Å². The number of hydrogen-bond donors (Lipinski definition) is 3. The number of amides is 1. The van der Waals surface area contributed by atoms with Crippen LogP contribution in [0.2, 0.25) is 0 Å². The third-order valence-electron chi connectivity index (χ3n) is 3.94. The van der Waals surface area contributed by atoms with Crippen LogP contribution in [0.15, 0.2) is 18.2 Å². The zero-order valence-corrected chi connectivity index (χ0v) is 11.2.